The summed E-state index contributed by atoms with van der Waals surface area (Å²) in [6.45, 7) is 9.57. The van der Waals surface area contributed by atoms with Gasteiger partial charge in [-0.2, -0.15) is 0 Å². The van der Waals surface area contributed by atoms with Crippen molar-refractivity contribution in [1.82, 2.24) is 4.90 Å². The zero-order valence-electron chi connectivity index (χ0n) is 17.5. The summed E-state index contributed by atoms with van der Waals surface area (Å²) in [5.41, 5.74) is 3.36. The Bertz CT molecular complexity index is 586. The van der Waals surface area contributed by atoms with E-state index in [1.54, 1.807) is 0 Å². The van der Waals surface area contributed by atoms with Gasteiger partial charge in [-0.25, -0.2) is 0 Å². The van der Waals surface area contributed by atoms with Gasteiger partial charge >= 0.3 is 5.97 Å². The molecule has 0 aromatic heterocycles. The Kier molecular flexibility index (Phi) is 6.90. The summed E-state index contributed by atoms with van der Waals surface area (Å²) in [4.78, 5) is 14.9. The molecule has 1 aliphatic carbocycles. The van der Waals surface area contributed by atoms with Crippen LogP contribution in [0, 0.1) is 5.41 Å². The third kappa shape index (κ3) is 4.31. The van der Waals surface area contributed by atoms with Crippen LogP contribution in [-0.2, 0) is 4.79 Å². The molecule has 0 heterocycles. The summed E-state index contributed by atoms with van der Waals surface area (Å²) >= 11 is 0. The smallest absolute Gasteiger partial charge is 0.311 e. The van der Waals surface area contributed by atoms with E-state index >= 15 is 0 Å². The molecule has 1 aliphatic rings. The van der Waals surface area contributed by atoms with E-state index in [-0.39, 0.29) is 5.41 Å². The quantitative estimate of drug-likeness (QED) is 0.687. The van der Waals surface area contributed by atoms with Gasteiger partial charge in [0.15, 0.2) is 0 Å². The molecule has 0 bridgehead atoms. The predicted octanol–water partition coefficient (Wildman–Crippen LogP) is 5.61. The number of rotatable bonds is 7. The van der Waals surface area contributed by atoms with Gasteiger partial charge in [0.2, 0.25) is 0 Å². The number of nitrogens with zero attached hydrogens (tertiary/aromatic N) is 1. The highest BCUT2D eigenvalue weighted by Gasteiger charge is 2.46. The second-order valence-corrected chi connectivity index (χ2v) is 9.09. The monoisotopic (exact) mass is 359 g/mol. The zero-order valence-corrected chi connectivity index (χ0v) is 17.5. The molecule has 0 aliphatic heterocycles. The van der Waals surface area contributed by atoms with Gasteiger partial charge in [0.05, 0.1) is 5.92 Å². The molecule has 1 N–H and O–H groups in total. The minimum absolute atomic E-state index is 0.178. The average molecular weight is 360 g/mol. The van der Waals surface area contributed by atoms with Crippen molar-refractivity contribution < 1.29 is 9.90 Å². The Morgan fingerprint density at radius 2 is 1.54 bits per heavy atom. The van der Waals surface area contributed by atoms with Crippen LogP contribution < -0.4 is 0 Å². The largest absolute Gasteiger partial charge is 0.481 e. The Hall–Kier alpha value is -1.35. The first kappa shape index (κ1) is 21.0. The van der Waals surface area contributed by atoms with Crippen molar-refractivity contribution in [2.24, 2.45) is 5.41 Å². The van der Waals surface area contributed by atoms with Gasteiger partial charge in [-0.1, -0.05) is 65.2 Å². The van der Waals surface area contributed by atoms with Gasteiger partial charge in [-0.05, 0) is 55.5 Å². The van der Waals surface area contributed by atoms with E-state index in [0.717, 1.165) is 37.8 Å². The molecule has 1 saturated carbocycles. The SMILES string of the molecule is CC(C)c1cccc(C(C)C)c1C(C(=O)O)C1(CN(C)C)CCCCC1. The van der Waals surface area contributed by atoms with E-state index in [0.29, 0.717) is 11.8 Å². The number of hydrogen-bond acceptors (Lipinski definition) is 2. The predicted molar refractivity (Wildman–Crippen MR) is 109 cm³/mol. The maximum Gasteiger partial charge on any atom is 0.311 e. The van der Waals surface area contributed by atoms with Crippen LogP contribution in [-0.4, -0.2) is 36.6 Å². The fourth-order valence-corrected chi connectivity index (χ4v) is 5.06. The Balaban J connectivity index is 2.71. The van der Waals surface area contributed by atoms with Crippen LogP contribution in [0.25, 0.3) is 0 Å². The molecule has 146 valence electrons. The Morgan fingerprint density at radius 1 is 1.04 bits per heavy atom. The second-order valence-electron chi connectivity index (χ2n) is 9.09. The molecule has 1 aromatic rings. The number of carboxylic acid groups (broad SMARTS) is 1. The fraction of sp³-hybridized carbons (Fsp3) is 0.696. The van der Waals surface area contributed by atoms with Crippen LogP contribution in [0.3, 0.4) is 0 Å². The standard InChI is InChI=1S/C23H37NO2/c1-16(2)18-11-10-12-19(17(3)4)20(18)21(22(25)26)23(15-24(5)6)13-8-7-9-14-23/h10-12,16-17,21H,7-9,13-15H2,1-6H3,(H,25,26). The van der Waals surface area contributed by atoms with E-state index in [4.69, 9.17) is 0 Å². The van der Waals surface area contributed by atoms with Crippen molar-refractivity contribution in [1.29, 1.82) is 0 Å². The highest BCUT2D eigenvalue weighted by Crippen LogP contribution is 2.51. The Labute approximate surface area is 159 Å². The van der Waals surface area contributed by atoms with Crippen LogP contribution in [0.2, 0.25) is 0 Å². The summed E-state index contributed by atoms with van der Waals surface area (Å²) < 4.78 is 0. The lowest BCUT2D eigenvalue weighted by Crippen LogP contribution is -2.44. The molecule has 0 saturated heterocycles. The average Bonchev–Trinajstić information content (AvgIpc) is 2.54. The van der Waals surface area contributed by atoms with Crippen molar-refractivity contribution in [3.05, 3.63) is 34.9 Å². The van der Waals surface area contributed by atoms with Crippen molar-refractivity contribution in [3.63, 3.8) is 0 Å². The maximum atomic E-state index is 12.7. The maximum absolute atomic E-state index is 12.7. The van der Waals surface area contributed by atoms with Gasteiger partial charge < -0.3 is 10.0 Å². The number of carbonyl (C=O) groups is 1. The van der Waals surface area contributed by atoms with Crippen LogP contribution in [0.1, 0.15) is 94.2 Å². The van der Waals surface area contributed by atoms with E-state index < -0.39 is 11.9 Å². The van der Waals surface area contributed by atoms with Crippen molar-refractivity contribution >= 4 is 5.97 Å². The van der Waals surface area contributed by atoms with Crippen LogP contribution in [0.15, 0.2) is 18.2 Å². The Morgan fingerprint density at radius 3 is 1.92 bits per heavy atom. The first-order chi connectivity index (χ1) is 12.2. The molecule has 3 heteroatoms. The molecular weight excluding hydrogens is 322 g/mol. The molecule has 0 amide bonds. The normalized spacial score (nSPS) is 18.5. The minimum atomic E-state index is -0.649. The van der Waals surface area contributed by atoms with Gasteiger partial charge in [0, 0.05) is 12.0 Å². The summed E-state index contributed by atoms with van der Waals surface area (Å²) in [7, 11) is 4.15. The van der Waals surface area contributed by atoms with Gasteiger partial charge in [0.1, 0.15) is 0 Å². The van der Waals surface area contributed by atoms with E-state index in [2.05, 4.69) is 64.9 Å². The summed E-state index contributed by atoms with van der Waals surface area (Å²) in [5, 5.41) is 10.5. The van der Waals surface area contributed by atoms with Gasteiger partial charge in [-0.3, -0.25) is 4.79 Å². The first-order valence-corrected chi connectivity index (χ1v) is 10.2. The molecule has 1 unspecified atom stereocenters. The van der Waals surface area contributed by atoms with Crippen molar-refractivity contribution in [2.75, 3.05) is 20.6 Å². The van der Waals surface area contributed by atoms with E-state index in [1.165, 1.54) is 17.5 Å². The number of aliphatic carboxylic acids is 1. The molecule has 1 aromatic carbocycles. The second kappa shape index (κ2) is 8.56. The van der Waals surface area contributed by atoms with Crippen LogP contribution in [0.4, 0.5) is 0 Å². The molecule has 3 nitrogen and oxygen atoms in total. The zero-order chi connectivity index (χ0) is 19.5. The minimum Gasteiger partial charge on any atom is -0.481 e. The highest BCUT2D eigenvalue weighted by atomic mass is 16.4. The van der Waals surface area contributed by atoms with Crippen LogP contribution >= 0.6 is 0 Å². The molecule has 26 heavy (non-hydrogen) atoms. The highest BCUT2D eigenvalue weighted by molar-refractivity contribution is 5.79. The molecule has 1 atom stereocenters. The number of carboxylic acids is 1. The molecule has 0 radical (unpaired) electrons. The van der Waals surface area contributed by atoms with Gasteiger partial charge in [0.25, 0.3) is 0 Å². The van der Waals surface area contributed by atoms with Gasteiger partial charge in [-0.15, -0.1) is 0 Å². The fourth-order valence-electron chi connectivity index (χ4n) is 5.06. The molecule has 2 rings (SSSR count). The van der Waals surface area contributed by atoms with Crippen molar-refractivity contribution in [2.45, 2.75) is 77.6 Å². The topological polar surface area (TPSA) is 40.5 Å². The van der Waals surface area contributed by atoms with E-state index in [1.807, 2.05) is 0 Å². The molecular formula is C23H37NO2. The lowest BCUT2D eigenvalue weighted by atomic mass is 9.61. The van der Waals surface area contributed by atoms with Crippen molar-refractivity contribution in [3.8, 4) is 0 Å². The number of benzene rings is 1. The third-order valence-electron chi connectivity index (χ3n) is 6.05. The summed E-state index contributed by atoms with van der Waals surface area (Å²) in [6, 6.07) is 6.40. The van der Waals surface area contributed by atoms with E-state index in [9.17, 15) is 9.90 Å². The lowest BCUT2D eigenvalue weighted by Gasteiger charge is -2.45. The molecule has 1 fully saturated rings. The third-order valence-corrected chi connectivity index (χ3v) is 6.05. The lowest BCUT2D eigenvalue weighted by molar-refractivity contribution is -0.143. The first-order valence-electron chi connectivity index (χ1n) is 10.2. The number of hydrogen-bond donors (Lipinski definition) is 1. The summed E-state index contributed by atoms with van der Waals surface area (Å²) in [5.74, 6) is -0.430. The summed E-state index contributed by atoms with van der Waals surface area (Å²) in [6.07, 6.45) is 5.51. The van der Waals surface area contributed by atoms with Crippen LogP contribution in [0.5, 0.6) is 0 Å². The molecule has 0 spiro atoms.